The van der Waals surface area contributed by atoms with Crippen molar-refractivity contribution < 1.29 is 32.6 Å². The molecule has 3 aromatic carbocycles. The number of halogens is 3. The normalized spacial score (nSPS) is 11.0. The third-order valence-corrected chi connectivity index (χ3v) is 4.16. The van der Waals surface area contributed by atoms with Gasteiger partial charge in [-0.05, 0) is 47.5 Å². The number of ether oxygens (including phenoxy) is 1. The van der Waals surface area contributed by atoms with Crippen LogP contribution in [0.5, 0.6) is 5.75 Å². The van der Waals surface area contributed by atoms with E-state index < -0.39 is 35.9 Å². The van der Waals surface area contributed by atoms with E-state index in [4.69, 9.17) is 4.74 Å². The zero-order valence-electron chi connectivity index (χ0n) is 15.4. The highest BCUT2D eigenvalue weighted by Crippen LogP contribution is 2.34. The lowest BCUT2D eigenvalue weighted by Crippen LogP contribution is -2.22. The van der Waals surface area contributed by atoms with Gasteiger partial charge in [-0.2, -0.15) is 13.2 Å². The summed E-state index contributed by atoms with van der Waals surface area (Å²) in [6, 6.07) is 17.4. The minimum Gasteiger partial charge on any atom is -0.508 e. The fourth-order valence-electron chi connectivity index (χ4n) is 2.69. The van der Waals surface area contributed by atoms with Crippen LogP contribution in [-0.2, 0) is 15.7 Å². The van der Waals surface area contributed by atoms with Crippen LogP contribution < -0.4 is 5.32 Å². The molecule has 30 heavy (non-hydrogen) atoms. The van der Waals surface area contributed by atoms with Crippen LogP contribution in [0.15, 0.2) is 72.8 Å². The summed E-state index contributed by atoms with van der Waals surface area (Å²) in [4.78, 5) is 24.0. The lowest BCUT2D eigenvalue weighted by molar-refractivity contribution is -0.137. The van der Waals surface area contributed by atoms with Crippen LogP contribution in [0.1, 0.15) is 15.9 Å². The molecule has 8 heteroatoms. The quantitative estimate of drug-likeness (QED) is 0.583. The van der Waals surface area contributed by atoms with E-state index in [-0.39, 0.29) is 11.3 Å². The highest BCUT2D eigenvalue weighted by molar-refractivity contribution is 5.96. The van der Waals surface area contributed by atoms with E-state index in [0.717, 1.165) is 23.3 Å². The Morgan fingerprint density at radius 1 is 0.867 bits per heavy atom. The zero-order chi connectivity index (χ0) is 21.7. The Morgan fingerprint density at radius 2 is 1.43 bits per heavy atom. The summed E-state index contributed by atoms with van der Waals surface area (Å²) in [6.45, 7) is -0.731. The molecule has 0 bridgehead atoms. The summed E-state index contributed by atoms with van der Waals surface area (Å²) in [7, 11) is 0. The molecule has 5 nitrogen and oxygen atoms in total. The molecule has 0 aliphatic rings. The van der Waals surface area contributed by atoms with Gasteiger partial charge in [-0.15, -0.1) is 0 Å². The molecule has 0 aliphatic carbocycles. The van der Waals surface area contributed by atoms with Gasteiger partial charge >= 0.3 is 12.1 Å². The number of amides is 1. The number of hydrogen-bond donors (Lipinski definition) is 2. The Bertz CT molecular complexity index is 1050. The number of phenolic OH excluding ortho intramolecular Hbond substituents is 1. The summed E-state index contributed by atoms with van der Waals surface area (Å²) < 4.78 is 43.8. The van der Waals surface area contributed by atoms with Crippen molar-refractivity contribution in [2.24, 2.45) is 0 Å². The first kappa shape index (κ1) is 20.9. The van der Waals surface area contributed by atoms with Gasteiger partial charge in [0.25, 0.3) is 5.91 Å². The minimum atomic E-state index is -4.63. The van der Waals surface area contributed by atoms with E-state index >= 15 is 0 Å². The summed E-state index contributed by atoms with van der Waals surface area (Å²) in [5.41, 5.74) is 0.406. The number of esters is 1. The molecule has 0 fully saturated rings. The highest BCUT2D eigenvalue weighted by atomic mass is 19.4. The maximum absolute atomic E-state index is 13.0. The van der Waals surface area contributed by atoms with Crippen molar-refractivity contribution in [1.29, 1.82) is 0 Å². The molecule has 0 aliphatic heterocycles. The molecule has 0 spiro atoms. The van der Waals surface area contributed by atoms with E-state index in [1.54, 1.807) is 24.3 Å². The van der Waals surface area contributed by atoms with Crippen LogP contribution in [0.2, 0.25) is 0 Å². The van der Waals surface area contributed by atoms with E-state index in [0.29, 0.717) is 0 Å². The standard InChI is InChI=1S/C22H16F3NO4/c23-22(24,25)18-3-1-2-4-19(18)26-20(28)13-30-21(29)16-7-5-14(6-8-16)15-9-11-17(27)12-10-15/h1-12,27H,13H2,(H,26,28). The second-order valence-corrected chi connectivity index (χ2v) is 6.29. The number of aromatic hydroxyl groups is 1. The van der Waals surface area contributed by atoms with Gasteiger partial charge in [0, 0.05) is 0 Å². The van der Waals surface area contributed by atoms with Crippen molar-refractivity contribution in [1.82, 2.24) is 0 Å². The Kier molecular flexibility index (Phi) is 6.06. The lowest BCUT2D eigenvalue weighted by Gasteiger charge is -2.13. The molecule has 1 amide bonds. The van der Waals surface area contributed by atoms with Crippen molar-refractivity contribution in [3.8, 4) is 16.9 Å². The van der Waals surface area contributed by atoms with E-state index in [1.807, 2.05) is 0 Å². The Hall–Kier alpha value is -3.81. The van der Waals surface area contributed by atoms with Gasteiger partial charge in [0.05, 0.1) is 16.8 Å². The third-order valence-electron chi connectivity index (χ3n) is 4.16. The molecule has 154 valence electrons. The Balaban J connectivity index is 1.59. The van der Waals surface area contributed by atoms with Gasteiger partial charge in [0.15, 0.2) is 6.61 Å². The topological polar surface area (TPSA) is 75.6 Å². The minimum absolute atomic E-state index is 0.134. The number of alkyl halides is 3. The molecule has 0 saturated heterocycles. The van der Waals surface area contributed by atoms with Crippen LogP contribution in [-0.4, -0.2) is 23.6 Å². The first-order valence-corrected chi connectivity index (χ1v) is 8.77. The summed E-state index contributed by atoms with van der Waals surface area (Å²) in [5, 5.41) is 11.4. The molecule has 0 saturated carbocycles. The molecule has 0 heterocycles. The van der Waals surface area contributed by atoms with Crippen molar-refractivity contribution in [3.05, 3.63) is 83.9 Å². The smallest absolute Gasteiger partial charge is 0.418 e. The number of rotatable bonds is 5. The fraction of sp³-hybridized carbons (Fsp3) is 0.0909. The van der Waals surface area contributed by atoms with Gasteiger partial charge in [-0.1, -0.05) is 36.4 Å². The molecule has 0 aromatic heterocycles. The van der Waals surface area contributed by atoms with Crippen molar-refractivity contribution >= 4 is 17.6 Å². The average molecular weight is 415 g/mol. The SMILES string of the molecule is O=C(COC(=O)c1ccc(-c2ccc(O)cc2)cc1)Nc1ccccc1C(F)(F)F. The molecular formula is C22H16F3NO4. The van der Waals surface area contributed by atoms with Crippen molar-refractivity contribution in [3.63, 3.8) is 0 Å². The average Bonchev–Trinajstić information content (AvgIpc) is 2.72. The van der Waals surface area contributed by atoms with E-state index in [9.17, 15) is 27.9 Å². The van der Waals surface area contributed by atoms with Crippen LogP contribution in [0.25, 0.3) is 11.1 Å². The van der Waals surface area contributed by atoms with Gasteiger partial charge in [-0.25, -0.2) is 4.79 Å². The fourth-order valence-corrected chi connectivity index (χ4v) is 2.69. The van der Waals surface area contributed by atoms with Crippen LogP contribution in [0.3, 0.4) is 0 Å². The van der Waals surface area contributed by atoms with E-state index in [1.165, 1.54) is 36.4 Å². The Morgan fingerprint density at radius 3 is 2.03 bits per heavy atom. The largest absolute Gasteiger partial charge is 0.508 e. The molecule has 2 N–H and O–H groups in total. The first-order valence-electron chi connectivity index (χ1n) is 8.77. The number of hydrogen-bond acceptors (Lipinski definition) is 4. The molecule has 3 rings (SSSR count). The van der Waals surface area contributed by atoms with Crippen LogP contribution >= 0.6 is 0 Å². The van der Waals surface area contributed by atoms with Crippen LogP contribution in [0.4, 0.5) is 18.9 Å². The van der Waals surface area contributed by atoms with Crippen LogP contribution in [0, 0.1) is 0 Å². The number of anilines is 1. The highest BCUT2D eigenvalue weighted by Gasteiger charge is 2.33. The number of nitrogens with one attached hydrogen (secondary N) is 1. The monoisotopic (exact) mass is 415 g/mol. The number of benzene rings is 3. The molecular weight excluding hydrogens is 399 g/mol. The third kappa shape index (κ3) is 5.16. The lowest BCUT2D eigenvalue weighted by atomic mass is 10.0. The van der Waals surface area contributed by atoms with E-state index in [2.05, 4.69) is 5.32 Å². The van der Waals surface area contributed by atoms with Crippen molar-refractivity contribution in [2.75, 3.05) is 11.9 Å². The molecule has 0 unspecified atom stereocenters. The number of carbonyl (C=O) groups excluding carboxylic acids is 2. The van der Waals surface area contributed by atoms with Crippen molar-refractivity contribution in [2.45, 2.75) is 6.18 Å². The van der Waals surface area contributed by atoms with Gasteiger partial charge in [0.1, 0.15) is 5.75 Å². The second kappa shape index (κ2) is 8.69. The zero-order valence-corrected chi connectivity index (χ0v) is 15.4. The summed E-state index contributed by atoms with van der Waals surface area (Å²) in [5.74, 6) is -1.54. The molecule has 0 atom stereocenters. The molecule has 3 aromatic rings. The maximum atomic E-state index is 13.0. The Labute approximate surface area is 169 Å². The summed E-state index contributed by atoms with van der Waals surface area (Å²) in [6.07, 6.45) is -4.63. The number of para-hydroxylation sites is 1. The second-order valence-electron chi connectivity index (χ2n) is 6.29. The predicted molar refractivity (Wildman–Crippen MR) is 104 cm³/mol. The maximum Gasteiger partial charge on any atom is 0.418 e. The van der Waals surface area contributed by atoms with Gasteiger partial charge < -0.3 is 15.2 Å². The molecule has 0 radical (unpaired) electrons. The number of phenols is 1. The number of carbonyl (C=O) groups is 2. The first-order chi connectivity index (χ1) is 14.2. The van der Waals surface area contributed by atoms with Gasteiger partial charge in [0.2, 0.25) is 0 Å². The summed E-state index contributed by atoms with van der Waals surface area (Å²) >= 11 is 0. The van der Waals surface area contributed by atoms with Gasteiger partial charge in [-0.3, -0.25) is 4.79 Å². The predicted octanol–water partition coefficient (Wildman–Crippen LogP) is 4.87.